The fourth-order valence-corrected chi connectivity index (χ4v) is 3.99. The number of halogens is 3. The number of anilines is 1. The predicted molar refractivity (Wildman–Crippen MR) is 143 cm³/mol. The molecule has 184 valence electrons. The lowest BCUT2D eigenvalue weighted by atomic mass is 10.2. The van der Waals surface area contributed by atoms with E-state index in [1.54, 1.807) is 30.3 Å². The van der Waals surface area contributed by atoms with Crippen LogP contribution in [0, 0.1) is 5.82 Å². The Kier molecular flexibility index (Phi) is 8.12. The lowest BCUT2D eigenvalue weighted by molar-refractivity contribution is -0.118. The van der Waals surface area contributed by atoms with E-state index in [9.17, 15) is 14.0 Å². The number of aromatic nitrogens is 2. The molecule has 0 radical (unpaired) electrons. The van der Waals surface area contributed by atoms with Gasteiger partial charge in [-0.05, 0) is 67.1 Å². The molecular formula is C26H21BrClFN4O3. The summed E-state index contributed by atoms with van der Waals surface area (Å²) in [6, 6.07) is 15.6. The van der Waals surface area contributed by atoms with Crippen LogP contribution in [0.2, 0.25) is 5.02 Å². The summed E-state index contributed by atoms with van der Waals surface area (Å²) in [5.41, 5.74) is 1.21. The van der Waals surface area contributed by atoms with Crippen molar-refractivity contribution in [1.82, 2.24) is 9.66 Å². The second-order valence-electron chi connectivity index (χ2n) is 7.83. The van der Waals surface area contributed by atoms with E-state index in [1.807, 2.05) is 13.0 Å². The highest BCUT2D eigenvalue weighted by Crippen LogP contribution is 2.22. The van der Waals surface area contributed by atoms with Crippen LogP contribution in [0.1, 0.15) is 24.7 Å². The summed E-state index contributed by atoms with van der Waals surface area (Å²) in [5, 5.41) is 7.90. The molecule has 0 fully saturated rings. The Hall–Kier alpha value is -3.56. The first kappa shape index (κ1) is 25.5. The van der Waals surface area contributed by atoms with Crippen molar-refractivity contribution < 1.29 is 13.9 Å². The van der Waals surface area contributed by atoms with Crippen molar-refractivity contribution >= 4 is 56.2 Å². The quantitative estimate of drug-likeness (QED) is 0.271. The smallest absolute Gasteiger partial charge is 0.282 e. The second kappa shape index (κ2) is 11.5. The Morgan fingerprint density at radius 2 is 1.97 bits per heavy atom. The molecule has 0 aliphatic heterocycles. The molecule has 10 heteroatoms. The summed E-state index contributed by atoms with van der Waals surface area (Å²) < 4.78 is 20.8. The first-order valence-corrected chi connectivity index (χ1v) is 12.2. The number of fused-ring (bicyclic) bond motifs is 1. The Morgan fingerprint density at radius 3 is 2.72 bits per heavy atom. The summed E-state index contributed by atoms with van der Waals surface area (Å²) in [6.07, 6.45) is 2.78. The number of ether oxygens (including phenoxy) is 1. The molecule has 0 saturated carbocycles. The van der Waals surface area contributed by atoms with Gasteiger partial charge >= 0.3 is 0 Å². The topological polar surface area (TPSA) is 85.6 Å². The van der Waals surface area contributed by atoms with Crippen molar-refractivity contribution in [2.45, 2.75) is 19.8 Å². The van der Waals surface area contributed by atoms with Gasteiger partial charge in [0, 0.05) is 27.2 Å². The van der Waals surface area contributed by atoms with Crippen LogP contribution in [0.5, 0.6) is 5.75 Å². The highest BCUT2D eigenvalue weighted by atomic mass is 79.9. The Bertz CT molecular complexity index is 1510. The molecule has 1 amide bonds. The number of hydrogen-bond donors (Lipinski definition) is 1. The van der Waals surface area contributed by atoms with Gasteiger partial charge in [0.15, 0.2) is 6.61 Å². The van der Waals surface area contributed by atoms with E-state index in [0.29, 0.717) is 45.2 Å². The molecule has 0 aliphatic rings. The Balaban J connectivity index is 1.60. The number of hydrogen-bond acceptors (Lipinski definition) is 5. The molecule has 3 aromatic carbocycles. The number of carbonyl (C=O) groups excluding carboxylic acids is 1. The van der Waals surface area contributed by atoms with Crippen molar-refractivity contribution in [3.8, 4) is 5.75 Å². The van der Waals surface area contributed by atoms with Crippen molar-refractivity contribution in [3.63, 3.8) is 0 Å². The zero-order valence-electron chi connectivity index (χ0n) is 19.2. The molecular weight excluding hydrogens is 551 g/mol. The standard InChI is InChI=1S/C26H21BrClFN4O3/c1-2-3-24-32-22-10-4-17(27)13-21(22)26(35)33(24)30-14-16-12-18(28)5-11-23(16)36-15-25(34)31-20-8-6-19(29)7-9-20/h4-14H,2-3,15H2,1H3,(H,31,34). The SMILES string of the molecule is CCCc1nc2ccc(Br)cc2c(=O)n1N=Cc1cc(Cl)ccc1OCC(=O)Nc1ccc(F)cc1. The number of benzene rings is 3. The van der Waals surface area contributed by atoms with E-state index >= 15 is 0 Å². The first-order chi connectivity index (χ1) is 17.3. The van der Waals surface area contributed by atoms with E-state index in [1.165, 1.54) is 35.2 Å². The molecule has 1 N–H and O–H groups in total. The number of amides is 1. The number of carbonyl (C=O) groups is 1. The normalized spacial score (nSPS) is 11.2. The van der Waals surface area contributed by atoms with Gasteiger partial charge in [0.05, 0.1) is 17.1 Å². The molecule has 0 aliphatic carbocycles. The van der Waals surface area contributed by atoms with Gasteiger partial charge in [-0.3, -0.25) is 9.59 Å². The molecule has 0 bridgehead atoms. The zero-order valence-corrected chi connectivity index (χ0v) is 21.5. The third-order valence-corrected chi connectivity index (χ3v) is 5.85. The molecule has 4 rings (SSSR count). The van der Waals surface area contributed by atoms with Gasteiger partial charge < -0.3 is 10.1 Å². The van der Waals surface area contributed by atoms with Gasteiger partial charge in [0.2, 0.25) is 0 Å². The minimum atomic E-state index is -0.426. The largest absolute Gasteiger partial charge is 0.483 e. The first-order valence-electron chi connectivity index (χ1n) is 11.1. The molecule has 0 spiro atoms. The summed E-state index contributed by atoms with van der Waals surface area (Å²) >= 11 is 9.57. The number of nitrogens with one attached hydrogen (secondary N) is 1. The highest BCUT2D eigenvalue weighted by molar-refractivity contribution is 9.10. The zero-order chi connectivity index (χ0) is 25.7. The van der Waals surface area contributed by atoms with Crippen LogP contribution in [0.25, 0.3) is 10.9 Å². The second-order valence-corrected chi connectivity index (χ2v) is 9.18. The van der Waals surface area contributed by atoms with Crippen LogP contribution in [-0.2, 0) is 11.2 Å². The van der Waals surface area contributed by atoms with Crippen molar-refractivity contribution in [2.24, 2.45) is 5.10 Å². The van der Waals surface area contributed by atoms with Crippen molar-refractivity contribution in [1.29, 1.82) is 0 Å². The molecule has 0 unspecified atom stereocenters. The van der Waals surface area contributed by atoms with Gasteiger partial charge in [0.25, 0.3) is 11.5 Å². The van der Waals surface area contributed by atoms with E-state index in [2.05, 4.69) is 31.3 Å². The van der Waals surface area contributed by atoms with Gasteiger partial charge in [-0.15, -0.1) is 0 Å². The third kappa shape index (κ3) is 6.16. The van der Waals surface area contributed by atoms with Crippen LogP contribution < -0.4 is 15.6 Å². The maximum atomic E-state index is 13.2. The van der Waals surface area contributed by atoms with E-state index in [0.717, 1.165) is 10.9 Å². The lowest BCUT2D eigenvalue weighted by Crippen LogP contribution is -2.22. The van der Waals surface area contributed by atoms with E-state index < -0.39 is 11.7 Å². The molecule has 36 heavy (non-hydrogen) atoms. The summed E-state index contributed by atoms with van der Waals surface area (Å²) in [4.78, 5) is 30.1. The van der Waals surface area contributed by atoms with Crippen molar-refractivity contribution in [2.75, 3.05) is 11.9 Å². The maximum Gasteiger partial charge on any atom is 0.282 e. The minimum absolute atomic E-state index is 0.299. The molecule has 4 aromatic rings. The Morgan fingerprint density at radius 1 is 1.19 bits per heavy atom. The third-order valence-electron chi connectivity index (χ3n) is 5.12. The molecule has 1 heterocycles. The number of rotatable bonds is 8. The van der Waals surface area contributed by atoms with Gasteiger partial charge in [0.1, 0.15) is 17.4 Å². The van der Waals surface area contributed by atoms with Crippen LogP contribution in [0.3, 0.4) is 0 Å². The predicted octanol–water partition coefficient (Wildman–Crippen LogP) is 5.80. The average Bonchev–Trinajstić information content (AvgIpc) is 2.85. The Labute approximate surface area is 219 Å². The van der Waals surface area contributed by atoms with Gasteiger partial charge in [-0.25, -0.2) is 9.37 Å². The fourth-order valence-electron chi connectivity index (χ4n) is 3.44. The fraction of sp³-hybridized carbons (Fsp3) is 0.154. The number of nitrogens with zero attached hydrogens (tertiary/aromatic N) is 3. The van der Waals surface area contributed by atoms with Crippen LogP contribution >= 0.6 is 27.5 Å². The van der Waals surface area contributed by atoms with Crippen molar-refractivity contribution in [3.05, 3.63) is 97.7 Å². The summed E-state index contributed by atoms with van der Waals surface area (Å²) in [6.45, 7) is 1.69. The minimum Gasteiger partial charge on any atom is -0.483 e. The average molecular weight is 572 g/mol. The highest BCUT2D eigenvalue weighted by Gasteiger charge is 2.12. The van der Waals surface area contributed by atoms with Crippen LogP contribution in [0.4, 0.5) is 10.1 Å². The molecule has 0 atom stereocenters. The van der Waals surface area contributed by atoms with Crippen LogP contribution in [0.15, 0.2) is 75.0 Å². The monoisotopic (exact) mass is 570 g/mol. The van der Waals surface area contributed by atoms with Gasteiger partial charge in [-0.2, -0.15) is 9.78 Å². The van der Waals surface area contributed by atoms with Crippen LogP contribution in [-0.4, -0.2) is 28.4 Å². The molecule has 1 aromatic heterocycles. The summed E-state index contributed by atoms with van der Waals surface area (Å²) in [7, 11) is 0. The van der Waals surface area contributed by atoms with Gasteiger partial charge in [-0.1, -0.05) is 34.5 Å². The summed E-state index contributed by atoms with van der Waals surface area (Å²) in [5.74, 6) is 0.0470. The lowest BCUT2D eigenvalue weighted by Gasteiger charge is -2.11. The van der Waals surface area contributed by atoms with E-state index in [-0.39, 0.29) is 12.2 Å². The maximum absolute atomic E-state index is 13.2. The molecule has 0 saturated heterocycles. The number of aryl methyl sites for hydroxylation is 1. The molecule has 7 nitrogen and oxygen atoms in total. The van der Waals surface area contributed by atoms with E-state index in [4.69, 9.17) is 16.3 Å².